The summed E-state index contributed by atoms with van der Waals surface area (Å²) in [6, 6.07) is 0.298. The van der Waals surface area contributed by atoms with Crippen molar-refractivity contribution in [1.82, 2.24) is 10.1 Å². The van der Waals surface area contributed by atoms with Gasteiger partial charge in [0.2, 0.25) is 5.89 Å². The van der Waals surface area contributed by atoms with Crippen LogP contribution in [0.15, 0.2) is 4.52 Å². The van der Waals surface area contributed by atoms with Crippen molar-refractivity contribution in [2.45, 2.75) is 51.4 Å². The monoisotopic (exact) mass is 211 g/mol. The molecule has 0 spiro atoms. The maximum atomic E-state index is 5.79. The summed E-state index contributed by atoms with van der Waals surface area (Å²) in [4.78, 5) is 4.17. The van der Waals surface area contributed by atoms with Crippen LogP contribution in [-0.4, -0.2) is 22.3 Å². The first-order valence-corrected chi connectivity index (χ1v) is 5.46. The van der Waals surface area contributed by atoms with Crippen molar-refractivity contribution in [2.75, 3.05) is 0 Å². The normalized spacial score (nSPS) is 26.0. The lowest BCUT2D eigenvalue weighted by Gasteiger charge is -2.08. The zero-order valence-corrected chi connectivity index (χ0v) is 8.98. The van der Waals surface area contributed by atoms with Crippen LogP contribution in [0.2, 0.25) is 0 Å². The van der Waals surface area contributed by atoms with Crippen LogP contribution in [0.4, 0.5) is 0 Å². The van der Waals surface area contributed by atoms with Gasteiger partial charge in [-0.1, -0.05) is 12.1 Å². The summed E-state index contributed by atoms with van der Waals surface area (Å²) in [6.45, 7) is 2.41. The molecule has 1 aliphatic rings. The minimum Gasteiger partial charge on any atom is -0.370 e. The van der Waals surface area contributed by atoms with Crippen LogP contribution in [0.1, 0.15) is 37.9 Å². The lowest BCUT2D eigenvalue weighted by molar-refractivity contribution is 0.0399. The summed E-state index contributed by atoms with van der Waals surface area (Å²) >= 11 is 0. The van der Waals surface area contributed by atoms with Crippen LogP contribution < -0.4 is 5.73 Å². The van der Waals surface area contributed by atoms with E-state index in [9.17, 15) is 0 Å². The molecule has 0 amide bonds. The fourth-order valence-corrected chi connectivity index (χ4v) is 1.81. The lowest BCUT2D eigenvalue weighted by atomic mass is 10.3. The van der Waals surface area contributed by atoms with Crippen molar-refractivity contribution < 1.29 is 9.26 Å². The van der Waals surface area contributed by atoms with E-state index in [1.54, 1.807) is 0 Å². The van der Waals surface area contributed by atoms with Crippen molar-refractivity contribution in [3.63, 3.8) is 0 Å². The molecule has 15 heavy (non-hydrogen) atoms. The molecule has 84 valence electrons. The molecule has 1 fully saturated rings. The molecule has 1 saturated carbocycles. The van der Waals surface area contributed by atoms with E-state index in [4.69, 9.17) is 15.0 Å². The van der Waals surface area contributed by atoms with Crippen molar-refractivity contribution >= 4 is 0 Å². The van der Waals surface area contributed by atoms with Crippen LogP contribution in [0.3, 0.4) is 0 Å². The number of ether oxygens (including phenoxy) is 1. The average Bonchev–Trinajstić information content (AvgIpc) is 2.83. The number of aromatic nitrogens is 2. The van der Waals surface area contributed by atoms with E-state index in [0.717, 1.165) is 25.7 Å². The largest absolute Gasteiger partial charge is 0.370 e. The van der Waals surface area contributed by atoms with E-state index in [0.29, 0.717) is 24.4 Å². The second kappa shape index (κ2) is 4.72. The highest BCUT2D eigenvalue weighted by molar-refractivity contribution is 4.85. The van der Waals surface area contributed by atoms with E-state index in [1.165, 1.54) is 0 Å². The molecule has 1 heterocycles. The predicted molar refractivity (Wildman–Crippen MR) is 54.1 cm³/mol. The van der Waals surface area contributed by atoms with Crippen LogP contribution in [-0.2, 0) is 17.8 Å². The van der Waals surface area contributed by atoms with E-state index in [2.05, 4.69) is 10.1 Å². The Morgan fingerprint density at radius 1 is 1.53 bits per heavy atom. The highest BCUT2D eigenvalue weighted by Crippen LogP contribution is 2.21. The number of nitrogens with two attached hydrogens (primary N) is 1. The number of hydrogen-bond acceptors (Lipinski definition) is 5. The fourth-order valence-electron chi connectivity index (χ4n) is 1.81. The summed E-state index contributed by atoms with van der Waals surface area (Å²) in [5.74, 6) is 1.30. The van der Waals surface area contributed by atoms with Gasteiger partial charge < -0.3 is 15.0 Å². The van der Waals surface area contributed by atoms with E-state index < -0.39 is 0 Å². The quantitative estimate of drug-likeness (QED) is 0.805. The highest BCUT2D eigenvalue weighted by Gasteiger charge is 2.22. The van der Waals surface area contributed by atoms with Crippen LogP contribution >= 0.6 is 0 Å². The van der Waals surface area contributed by atoms with Gasteiger partial charge in [-0.2, -0.15) is 4.98 Å². The van der Waals surface area contributed by atoms with Crippen molar-refractivity contribution in [3.05, 3.63) is 11.7 Å². The van der Waals surface area contributed by atoms with Crippen LogP contribution in [0, 0.1) is 0 Å². The number of rotatable bonds is 4. The maximum absolute atomic E-state index is 5.79. The molecular formula is C10H17N3O2. The van der Waals surface area contributed by atoms with Crippen LogP contribution in [0.5, 0.6) is 0 Å². The Morgan fingerprint density at radius 3 is 3.00 bits per heavy atom. The second-order valence-corrected chi connectivity index (χ2v) is 3.96. The number of hydrogen-bond donors (Lipinski definition) is 1. The van der Waals surface area contributed by atoms with Gasteiger partial charge in [-0.05, 0) is 19.3 Å². The average molecular weight is 211 g/mol. The topological polar surface area (TPSA) is 74.2 Å². The molecule has 0 bridgehead atoms. The third kappa shape index (κ3) is 2.76. The molecule has 1 aromatic rings. The van der Waals surface area contributed by atoms with Crippen molar-refractivity contribution in [3.8, 4) is 0 Å². The van der Waals surface area contributed by atoms with Gasteiger partial charge in [-0.15, -0.1) is 0 Å². The molecule has 2 atom stereocenters. The summed E-state index contributed by atoms with van der Waals surface area (Å²) in [5, 5.41) is 3.82. The Bertz CT molecular complexity index is 313. The molecular weight excluding hydrogens is 194 g/mol. The summed E-state index contributed by atoms with van der Waals surface area (Å²) in [6.07, 6.45) is 4.07. The Hall–Kier alpha value is -0.940. The van der Waals surface area contributed by atoms with Gasteiger partial charge >= 0.3 is 0 Å². The molecule has 2 rings (SSSR count). The molecule has 1 aromatic heterocycles. The maximum Gasteiger partial charge on any atom is 0.226 e. The molecule has 0 aliphatic heterocycles. The molecule has 0 radical (unpaired) electrons. The fraction of sp³-hybridized carbons (Fsp3) is 0.800. The molecule has 5 heteroatoms. The smallest absolute Gasteiger partial charge is 0.226 e. The zero-order valence-electron chi connectivity index (χ0n) is 8.98. The van der Waals surface area contributed by atoms with Crippen molar-refractivity contribution in [2.24, 2.45) is 5.73 Å². The Kier molecular flexibility index (Phi) is 3.33. The van der Waals surface area contributed by atoms with Crippen molar-refractivity contribution in [1.29, 1.82) is 0 Å². The first kappa shape index (κ1) is 10.6. The second-order valence-electron chi connectivity index (χ2n) is 3.96. The van der Waals surface area contributed by atoms with Gasteiger partial charge in [0.1, 0.15) is 6.61 Å². The zero-order chi connectivity index (χ0) is 10.7. The Morgan fingerprint density at radius 2 is 2.40 bits per heavy atom. The van der Waals surface area contributed by atoms with E-state index in [1.807, 2.05) is 6.92 Å². The minimum atomic E-state index is 0.267. The predicted octanol–water partition coefficient (Wildman–Crippen LogP) is 1.03. The summed E-state index contributed by atoms with van der Waals surface area (Å²) < 4.78 is 10.6. The lowest BCUT2D eigenvalue weighted by Crippen LogP contribution is -2.17. The molecule has 0 saturated heterocycles. The van der Waals surface area contributed by atoms with Gasteiger partial charge in [0.05, 0.1) is 6.10 Å². The number of aryl methyl sites for hydroxylation is 1. The third-order valence-electron chi connectivity index (χ3n) is 2.69. The standard InChI is InChI=1S/C10H17N3O2/c1-2-10-12-9(13-15-10)6-14-8-4-3-7(11)5-8/h7-8H,2-6,11H2,1H3. The van der Waals surface area contributed by atoms with Gasteiger partial charge in [-0.25, -0.2) is 0 Å². The third-order valence-corrected chi connectivity index (χ3v) is 2.69. The molecule has 1 aliphatic carbocycles. The molecule has 5 nitrogen and oxygen atoms in total. The first-order valence-electron chi connectivity index (χ1n) is 5.46. The van der Waals surface area contributed by atoms with E-state index in [-0.39, 0.29) is 6.10 Å². The first-order chi connectivity index (χ1) is 7.28. The van der Waals surface area contributed by atoms with Gasteiger partial charge in [0.15, 0.2) is 5.82 Å². The van der Waals surface area contributed by atoms with Crippen LogP contribution in [0.25, 0.3) is 0 Å². The molecule has 2 N–H and O–H groups in total. The molecule has 0 aromatic carbocycles. The van der Waals surface area contributed by atoms with Gasteiger partial charge in [-0.3, -0.25) is 0 Å². The highest BCUT2D eigenvalue weighted by atomic mass is 16.5. The Labute approximate surface area is 89.0 Å². The molecule has 2 unspecified atom stereocenters. The number of nitrogens with zero attached hydrogens (tertiary/aromatic N) is 2. The summed E-state index contributed by atoms with van der Waals surface area (Å²) in [5.41, 5.74) is 5.79. The Balaban J connectivity index is 1.77. The SMILES string of the molecule is CCc1nc(COC2CCC(N)C2)no1. The van der Waals surface area contributed by atoms with Gasteiger partial charge in [0, 0.05) is 12.5 Å². The van der Waals surface area contributed by atoms with E-state index >= 15 is 0 Å². The summed E-state index contributed by atoms with van der Waals surface area (Å²) in [7, 11) is 0. The van der Waals surface area contributed by atoms with Gasteiger partial charge in [0.25, 0.3) is 0 Å². The minimum absolute atomic E-state index is 0.267.